The molecule has 16 heavy (non-hydrogen) atoms. The number of hydrogen-bond donors (Lipinski definition) is 2. The highest BCUT2D eigenvalue weighted by atomic mass is 16.1. The first-order chi connectivity index (χ1) is 7.77. The number of rotatable bonds is 2. The van der Waals surface area contributed by atoms with Crippen LogP contribution in [0.3, 0.4) is 0 Å². The van der Waals surface area contributed by atoms with Gasteiger partial charge in [-0.2, -0.15) is 0 Å². The Hall–Kier alpha value is -2.50. The molecular formula is C10H9N5O. The van der Waals surface area contributed by atoms with Crippen molar-refractivity contribution in [3.8, 4) is 0 Å². The fraction of sp³-hybridized carbons (Fsp3) is 0. The topological polar surface area (TPSA) is 93.8 Å². The van der Waals surface area contributed by atoms with Crippen molar-refractivity contribution in [3.63, 3.8) is 0 Å². The zero-order valence-electron chi connectivity index (χ0n) is 8.29. The Labute approximate surface area is 91.6 Å². The first-order valence-electron chi connectivity index (χ1n) is 4.54. The Balaban J connectivity index is 2.19. The number of aromatic nitrogens is 3. The molecule has 6 heteroatoms. The highest BCUT2D eigenvalue weighted by molar-refractivity contribution is 6.05. The highest BCUT2D eigenvalue weighted by Crippen LogP contribution is 2.09. The first kappa shape index (κ1) is 10.0. The molecule has 2 heterocycles. The van der Waals surface area contributed by atoms with E-state index in [0.29, 0.717) is 11.4 Å². The molecule has 0 aromatic carbocycles. The van der Waals surface area contributed by atoms with Crippen molar-refractivity contribution < 1.29 is 4.79 Å². The number of nitrogens with two attached hydrogens (primary N) is 1. The largest absolute Gasteiger partial charge is 0.397 e. The number of hydrogen-bond acceptors (Lipinski definition) is 5. The zero-order chi connectivity index (χ0) is 11.4. The minimum absolute atomic E-state index is 0.186. The van der Waals surface area contributed by atoms with Crippen LogP contribution in [-0.2, 0) is 0 Å². The summed E-state index contributed by atoms with van der Waals surface area (Å²) in [5.74, 6) is -0.382. The summed E-state index contributed by atoms with van der Waals surface area (Å²) in [6.07, 6.45) is 5.87. The van der Waals surface area contributed by atoms with Crippen molar-refractivity contribution in [3.05, 3.63) is 42.7 Å². The number of nitrogens with one attached hydrogen (secondary N) is 1. The van der Waals surface area contributed by atoms with E-state index in [1.165, 1.54) is 24.9 Å². The van der Waals surface area contributed by atoms with Gasteiger partial charge in [-0.25, -0.2) is 15.0 Å². The lowest BCUT2D eigenvalue weighted by Gasteiger charge is -2.04. The van der Waals surface area contributed by atoms with E-state index >= 15 is 0 Å². The smallest absolute Gasteiger partial charge is 0.276 e. The van der Waals surface area contributed by atoms with Crippen LogP contribution in [0.2, 0.25) is 0 Å². The normalized spacial score (nSPS) is 9.75. The van der Waals surface area contributed by atoms with Crippen LogP contribution in [-0.4, -0.2) is 20.9 Å². The fourth-order valence-electron chi connectivity index (χ4n) is 1.16. The molecule has 0 aliphatic carbocycles. The van der Waals surface area contributed by atoms with Crippen LogP contribution >= 0.6 is 0 Å². The Morgan fingerprint density at radius 2 is 2.06 bits per heavy atom. The van der Waals surface area contributed by atoms with Crippen molar-refractivity contribution in [1.29, 1.82) is 0 Å². The third kappa shape index (κ3) is 2.11. The van der Waals surface area contributed by atoms with Crippen LogP contribution in [0.15, 0.2) is 37.1 Å². The van der Waals surface area contributed by atoms with E-state index in [2.05, 4.69) is 20.3 Å². The lowest BCUT2D eigenvalue weighted by molar-refractivity contribution is 0.102. The monoisotopic (exact) mass is 215 g/mol. The van der Waals surface area contributed by atoms with Crippen LogP contribution in [0, 0.1) is 0 Å². The molecule has 0 aliphatic rings. The predicted molar refractivity (Wildman–Crippen MR) is 58.6 cm³/mol. The highest BCUT2D eigenvalue weighted by Gasteiger charge is 2.10. The average molecular weight is 215 g/mol. The standard InChI is InChI=1S/C10H9N5O/c11-8-2-1-3-14-9(8)10(16)15-7-4-12-6-13-5-7/h1-6H,11H2,(H,15,16). The Morgan fingerprint density at radius 1 is 1.31 bits per heavy atom. The second-order valence-electron chi connectivity index (χ2n) is 3.02. The van der Waals surface area contributed by atoms with Gasteiger partial charge in [0.05, 0.1) is 23.8 Å². The van der Waals surface area contributed by atoms with E-state index in [-0.39, 0.29) is 11.6 Å². The number of carbonyl (C=O) groups is 1. The second-order valence-corrected chi connectivity index (χ2v) is 3.02. The van der Waals surface area contributed by atoms with Gasteiger partial charge in [0.2, 0.25) is 0 Å². The maximum Gasteiger partial charge on any atom is 0.276 e. The molecule has 0 spiro atoms. The van der Waals surface area contributed by atoms with E-state index in [9.17, 15) is 4.79 Å². The number of amides is 1. The number of nitrogen functional groups attached to an aromatic ring is 1. The molecule has 2 rings (SSSR count). The summed E-state index contributed by atoms with van der Waals surface area (Å²) in [5.41, 5.74) is 6.64. The van der Waals surface area contributed by atoms with Gasteiger partial charge in [-0.1, -0.05) is 0 Å². The molecule has 0 fully saturated rings. The van der Waals surface area contributed by atoms with Crippen LogP contribution in [0.1, 0.15) is 10.5 Å². The van der Waals surface area contributed by atoms with Gasteiger partial charge in [0.15, 0.2) is 5.69 Å². The minimum Gasteiger partial charge on any atom is -0.397 e. The van der Waals surface area contributed by atoms with Gasteiger partial charge in [-0.05, 0) is 12.1 Å². The predicted octanol–water partition coefficient (Wildman–Crippen LogP) is 0.706. The number of pyridine rings is 1. The van der Waals surface area contributed by atoms with Crippen LogP contribution in [0.25, 0.3) is 0 Å². The number of nitrogens with zero attached hydrogens (tertiary/aromatic N) is 3. The van der Waals surface area contributed by atoms with Crippen LogP contribution < -0.4 is 11.1 Å². The molecule has 0 aliphatic heterocycles. The Kier molecular flexibility index (Phi) is 2.73. The van der Waals surface area contributed by atoms with Gasteiger partial charge in [-0.15, -0.1) is 0 Å². The molecule has 2 aromatic rings. The Bertz CT molecular complexity index is 500. The molecule has 2 aromatic heterocycles. The summed E-state index contributed by atoms with van der Waals surface area (Å²) >= 11 is 0. The van der Waals surface area contributed by atoms with Crippen molar-refractivity contribution in [2.75, 3.05) is 11.1 Å². The van der Waals surface area contributed by atoms with Gasteiger partial charge in [-0.3, -0.25) is 4.79 Å². The SMILES string of the molecule is Nc1cccnc1C(=O)Nc1cncnc1. The summed E-state index contributed by atoms with van der Waals surface area (Å²) in [7, 11) is 0. The maximum atomic E-state index is 11.7. The van der Waals surface area contributed by atoms with Gasteiger partial charge in [0, 0.05) is 6.20 Å². The molecule has 0 saturated carbocycles. The summed E-state index contributed by atoms with van der Waals surface area (Å²) in [4.78, 5) is 23.2. The van der Waals surface area contributed by atoms with Crippen molar-refractivity contribution in [2.24, 2.45) is 0 Å². The third-order valence-corrected chi connectivity index (χ3v) is 1.87. The Morgan fingerprint density at radius 3 is 2.75 bits per heavy atom. The number of carbonyl (C=O) groups excluding carboxylic acids is 1. The van der Waals surface area contributed by atoms with E-state index in [4.69, 9.17) is 5.73 Å². The first-order valence-corrected chi connectivity index (χ1v) is 4.54. The zero-order valence-corrected chi connectivity index (χ0v) is 8.29. The van der Waals surface area contributed by atoms with Gasteiger partial charge in [0.1, 0.15) is 6.33 Å². The molecule has 0 saturated heterocycles. The van der Waals surface area contributed by atoms with Crippen molar-refractivity contribution >= 4 is 17.3 Å². The average Bonchev–Trinajstić information content (AvgIpc) is 2.31. The molecule has 0 atom stereocenters. The number of anilines is 2. The molecule has 6 nitrogen and oxygen atoms in total. The molecule has 1 amide bonds. The van der Waals surface area contributed by atoms with E-state index in [0.717, 1.165) is 0 Å². The van der Waals surface area contributed by atoms with E-state index < -0.39 is 0 Å². The van der Waals surface area contributed by atoms with Gasteiger partial charge in [0.25, 0.3) is 5.91 Å². The molecule has 3 N–H and O–H groups in total. The fourth-order valence-corrected chi connectivity index (χ4v) is 1.16. The van der Waals surface area contributed by atoms with Gasteiger partial charge < -0.3 is 11.1 Å². The summed E-state index contributed by atoms with van der Waals surface area (Å²) in [6, 6.07) is 3.28. The molecule has 0 bridgehead atoms. The van der Waals surface area contributed by atoms with E-state index in [1.807, 2.05) is 0 Å². The summed E-state index contributed by atoms with van der Waals surface area (Å²) in [5, 5.41) is 2.59. The van der Waals surface area contributed by atoms with E-state index in [1.54, 1.807) is 12.1 Å². The minimum atomic E-state index is -0.382. The second kappa shape index (κ2) is 4.35. The summed E-state index contributed by atoms with van der Waals surface area (Å²) in [6.45, 7) is 0. The van der Waals surface area contributed by atoms with Crippen LogP contribution in [0.5, 0.6) is 0 Å². The maximum absolute atomic E-state index is 11.7. The molecular weight excluding hydrogens is 206 g/mol. The molecule has 0 unspecified atom stereocenters. The van der Waals surface area contributed by atoms with Crippen molar-refractivity contribution in [2.45, 2.75) is 0 Å². The lowest BCUT2D eigenvalue weighted by atomic mass is 10.3. The quantitative estimate of drug-likeness (QED) is 0.769. The third-order valence-electron chi connectivity index (χ3n) is 1.87. The van der Waals surface area contributed by atoms with Crippen molar-refractivity contribution in [1.82, 2.24) is 15.0 Å². The van der Waals surface area contributed by atoms with Crippen LogP contribution in [0.4, 0.5) is 11.4 Å². The molecule has 80 valence electrons. The van der Waals surface area contributed by atoms with Gasteiger partial charge >= 0.3 is 0 Å². The molecule has 0 radical (unpaired) electrons. The lowest BCUT2D eigenvalue weighted by Crippen LogP contribution is -2.15. The summed E-state index contributed by atoms with van der Waals surface area (Å²) < 4.78 is 0.